The predicted octanol–water partition coefficient (Wildman–Crippen LogP) is 5.41. The van der Waals surface area contributed by atoms with Gasteiger partial charge in [-0.05, 0) is 56.9 Å². The summed E-state index contributed by atoms with van der Waals surface area (Å²) in [4.78, 5) is 19.9. The van der Waals surface area contributed by atoms with Gasteiger partial charge in [0.25, 0.3) is 0 Å². The molecule has 3 aromatic rings. The van der Waals surface area contributed by atoms with Crippen LogP contribution in [0.2, 0.25) is 0 Å². The first-order chi connectivity index (χ1) is 13.3. The molecule has 7 heteroatoms. The number of aromatic nitrogens is 2. The second kappa shape index (κ2) is 7.64. The van der Waals surface area contributed by atoms with Gasteiger partial charge in [-0.2, -0.15) is 4.98 Å². The minimum Gasteiger partial charge on any atom is -0.334 e. The number of nitrogens with one attached hydrogen (secondary N) is 2. The van der Waals surface area contributed by atoms with E-state index >= 15 is 0 Å². The summed E-state index contributed by atoms with van der Waals surface area (Å²) in [7, 11) is 0. The number of nitrogens with zero attached hydrogens (tertiary/aromatic N) is 3. The Labute approximate surface area is 164 Å². The fourth-order valence-electron chi connectivity index (χ4n) is 3.18. The molecule has 1 aromatic heterocycles. The summed E-state index contributed by atoms with van der Waals surface area (Å²) in [6.07, 6.45) is 0. The van der Waals surface area contributed by atoms with Gasteiger partial charge in [-0.3, -0.25) is 10.1 Å². The Hall–Kier alpha value is -3.48. The molecule has 7 nitrogen and oxygen atoms in total. The molecule has 144 valence electrons. The van der Waals surface area contributed by atoms with Gasteiger partial charge in [0, 0.05) is 11.4 Å². The number of aryl methyl sites for hydroxylation is 5. The smallest absolute Gasteiger partial charge is 0.332 e. The van der Waals surface area contributed by atoms with Gasteiger partial charge in [-0.1, -0.05) is 36.4 Å². The van der Waals surface area contributed by atoms with Gasteiger partial charge in [-0.15, -0.1) is 0 Å². The van der Waals surface area contributed by atoms with Gasteiger partial charge in [0.1, 0.15) is 5.69 Å². The van der Waals surface area contributed by atoms with Crippen LogP contribution < -0.4 is 10.6 Å². The highest BCUT2D eigenvalue weighted by Crippen LogP contribution is 2.33. The van der Waals surface area contributed by atoms with Crippen LogP contribution in [0.25, 0.3) is 0 Å². The molecule has 0 radical (unpaired) electrons. The average Bonchev–Trinajstić information content (AvgIpc) is 2.61. The van der Waals surface area contributed by atoms with Crippen LogP contribution in [0.3, 0.4) is 0 Å². The van der Waals surface area contributed by atoms with Gasteiger partial charge in [0.15, 0.2) is 0 Å². The summed E-state index contributed by atoms with van der Waals surface area (Å²) in [5.74, 6) is 0.484. The zero-order chi connectivity index (χ0) is 20.4. The molecule has 0 aliphatic rings. The van der Waals surface area contributed by atoms with Crippen molar-refractivity contribution in [2.45, 2.75) is 34.6 Å². The predicted molar refractivity (Wildman–Crippen MR) is 112 cm³/mol. The fourth-order valence-corrected chi connectivity index (χ4v) is 3.18. The van der Waals surface area contributed by atoms with Gasteiger partial charge in [0.2, 0.25) is 11.8 Å². The van der Waals surface area contributed by atoms with Crippen LogP contribution in [0, 0.1) is 44.7 Å². The van der Waals surface area contributed by atoms with E-state index in [0.29, 0.717) is 11.6 Å². The lowest BCUT2D eigenvalue weighted by molar-refractivity contribution is -0.385. The molecule has 0 unspecified atom stereocenters. The van der Waals surface area contributed by atoms with Crippen molar-refractivity contribution in [3.8, 4) is 0 Å². The van der Waals surface area contributed by atoms with E-state index < -0.39 is 4.92 Å². The minimum absolute atomic E-state index is 0.130. The highest BCUT2D eigenvalue weighted by molar-refractivity contribution is 5.73. The van der Waals surface area contributed by atoms with E-state index in [0.717, 1.165) is 33.6 Å². The van der Waals surface area contributed by atoms with Crippen molar-refractivity contribution < 1.29 is 4.92 Å². The van der Waals surface area contributed by atoms with Crippen molar-refractivity contribution in [3.63, 3.8) is 0 Å². The van der Waals surface area contributed by atoms with Gasteiger partial charge < -0.3 is 10.6 Å². The molecule has 0 fully saturated rings. The SMILES string of the molecule is Cc1cccc(C)c1Nc1nc(C)c([N+](=O)[O-])c(Nc2c(C)cccc2C)n1. The van der Waals surface area contributed by atoms with Crippen LogP contribution in [0.15, 0.2) is 36.4 Å². The zero-order valence-corrected chi connectivity index (χ0v) is 16.6. The maximum Gasteiger partial charge on any atom is 0.332 e. The van der Waals surface area contributed by atoms with E-state index in [-0.39, 0.29) is 11.5 Å². The number of benzene rings is 2. The van der Waals surface area contributed by atoms with E-state index in [9.17, 15) is 10.1 Å². The Morgan fingerprint density at radius 3 is 1.71 bits per heavy atom. The number of hydrogen-bond acceptors (Lipinski definition) is 6. The van der Waals surface area contributed by atoms with Crippen LogP contribution in [-0.4, -0.2) is 14.9 Å². The Bertz CT molecular complexity index is 1020. The Balaban J connectivity index is 2.09. The van der Waals surface area contributed by atoms with E-state index in [4.69, 9.17) is 0 Å². The summed E-state index contributed by atoms with van der Waals surface area (Å²) in [6.45, 7) is 9.49. The lowest BCUT2D eigenvalue weighted by Gasteiger charge is -2.15. The average molecular weight is 377 g/mol. The summed E-state index contributed by atoms with van der Waals surface area (Å²) >= 11 is 0. The third kappa shape index (κ3) is 3.78. The van der Waals surface area contributed by atoms with Gasteiger partial charge >= 0.3 is 5.69 Å². The summed E-state index contributed by atoms with van der Waals surface area (Å²) in [5.41, 5.74) is 5.92. The normalized spacial score (nSPS) is 10.6. The standard InChI is InChI=1S/C21H23N5O2/c1-12-8-6-9-13(2)17(12)23-20-19(26(27)28)16(5)22-21(25-20)24-18-14(3)10-7-11-15(18)4/h6-11H,1-5H3,(H2,22,23,24,25). The second-order valence-corrected chi connectivity index (χ2v) is 6.87. The molecule has 0 saturated heterocycles. The number of rotatable bonds is 5. The number of hydrogen-bond donors (Lipinski definition) is 2. The monoisotopic (exact) mass is 377 g/mol. The lowest BCUT2D eigenvalue weighted by atomic mass is 10.1. The molecule has 0 aliphatic heterocycles. The number of para-hydroxylation sites is 2. The van der Waals surface area contributed by atoms with Crippen molar-refractivity contribution in [2.75, 3.05) is 10.6 Å². The van der Waals surface area contributed by atoms with Gasteiger partial charge in [-0.25, -0.2) is 4.98 Å². The first-order valence-electron chi connectivity index (χ1n) is 8.97. The molecule has 0 amide bonds. The van der Waals surface area contributed by atoms with Crippen molar-refractivity contribution in [2.24, 2.45) is 0 Å². The molecule has 0 spiro atoms. The largest absolute Gasteiger partial charge is 0.334 e. The summed E-state index contributed by atoms with van der Waals surface area (Å²) < 4.78 is 0. The third-order valence-corrected chi connectivity index (χ3v) is 4.68. The van der Waals surface area contributed by atoms with Crippen LogP contribution in [0.4, 0.5) is 28.8 Å². The quantitative estimate of drug-likeness (QED) is 0.456. The van der Waals surface area contributed by atoms with Crippen LogP contribution in [0.1, 0.15) is 27.9 Å². The molecular weight excluding hydrogens is 354 g/mol. The van der Waals surface area contributed by atoms with Crippen LogP contribution >= 0.6 is 0 Å². The number of anilines is 4. The van der Waals surface area contributed by atoms with E-state index in [1.807, 2.05) is 64.1 Å². The molecule has 1 heterocycles. The van der Waals surface area contributed by atoms with Crippen molar-refractivity contribution in [1.82, 2.24) is 9.97 Å². The summed E-state index contributed by atoms with van der Waals surface area (Å²) in [6, 6.07) is 11.8. The molecule has 28 heavy (non-hydrogen) atoms. The molecule has 0 aliphatic carbocycles. The maximum absolute atomic E-state index is 11.6. The first-order valence-corrected chi connectivity index (χ1v) is 8.97. The van der Waals surface area contributed by atoms with Gasteiger partial charge in [0.05, 0.1) is 4.92 Å². The third-order valence-electron chi connectivity index (χ3n) is 4.68. The van der Waals surface area contributed by atoms with E-state index in [1.54, 1.807) is 6.92 Å². The highest BCUT2D eigenvalue weighted by atomic mass is 16.6. The Kier molecular flexibility index (Phi) is 5.26. The maximum atomic E-state index is 11.6. The van der Waals surface area contributed by atoms with Crippen LogP contribution in [0.5, 0.6) is 0 Å². The van der Waals surface area contributed by atoms with Crippen LogP contribution in [-0.2, 0) is 0 Å². The van der Waals surface area contributed by atoms with Crippen molar-refractivity contribution in [1.29, 1.82) is 0 Å². The Morgan fingerprint density at radius 2 is 1.25 bits per heavy atom. The highest BCUT2D eigenvalue weighted by Gasteiger charge is 2.23. The van der Waals surface area contributed by atoms with Crippen molar-refractivity contribution >= 4 is 28.8 Å². The molecule has 2 N–H and O–H groups in total. The molecule has 2 aromatic carbocycles. The molecule has 3 rings (SSSR count). The second-order valence-electron chi connectivity index (χ2n) is 6.87. The first kappa shape index (κ1) is 19.3. The van der Waals surface area contributed by atoms with E-state index in [1.165, 1.54) is 0 Å². The fraction of sp³-hybridized carbons (Fsp3) is 0.238. The Morgan fingerprint density at radius 1 is 0.786 bits per heavy atom. The topological polar surface area (TPSA) is 93.0 Å². The zero-order valence-electron chi connectivity index (χ0n) is 16.6. The molecular formula is C21H23N5O2. The summed E-state index contributed by atoms with van der Waals surface area (Å²) in [5, 5.41) is 18.0. The van der Waals surface area contributed by atoms with Crippen molar-refractivity contribution in [3.05, 3.63) is 74.5 Å². The molecule has 0 saturated carbocycles. The number of nitro groups is 1. The van der Waals surface area contributed by atoms with E-state index in [2.05, 4.69) is 20.6 Å². The lowest BCUT2D eigenvalue weighted by Crippen LogP contribution is -2.09. The minimum atomic E-state index is -0.450. The molecule has 0 bridgehead atoms. The molecule has 0 atom stereocenters.